The Labute approximate surface area is 35.1 Å². The molecular weight excluding hydrogens is 89.5 g/mol. The van der Waals surface area contributed by atoms with E-state index < -0.39 is 0 Å². The van der Waals surface area contributed by atoms with Crippen LogP contribution in [0.3, 0.4) is 0 Å². The van der Waals surface area contributed by atoms with E-state index in [4.69, 9.17) is 16.8 Å². The van der Waals surface area contributed by atoms with Crippen molar-refractivity contribution in [3.05, 3.63) is 6.92 Å². The predicted octanol–water partition coefficient (Wildman–Crippen LogP) is 0.847. The number of nitrogens with zero attached hydrogens (tertiary/aromatic N) is 1. The number of rotatable bonds is 0. The molecule has 29 valence electrons. The zero-order valence-corrected chi connectivity index (χ0v) is 3.24. The molecule has 0 aromatic heterocycles. The first-order valence-electron chi connectivity index (χ1n) is 0.966. The quantitative estimate of drug-likeness (QED) is 0.268. The van der Waals surface area contributed by atoms with Gasteiger partial charge in [-0.1, -0.05) is 16.8 Å². The Morgan fingerprint density at radius 3 is 2.20 bits per heavy atom. The van der Waals surface area contributed by atoms with Crippen molar-refractivity contribution in [1.29, 1.82) is 0 Å². The van der Waals surface area contributed by atoms with Crippen LogP contribution in [0.25, 0.3) is 0 Å². The molecule has 0 aliphatic heterocycles. The first-order valence-corrected chi connectivity index (χ1v) is 1.34. The highest BCUT2D eigenvalue weighted by Crippen LogP contribution is 1.74. The monoisotopic (exact) mass is 92.0 g/mol. The molecule has 1 radical (unpaired) electrons. The van der Waals surface area contributed by atoms with Crippen molar-refractivity contribution in [3.63, 3.8) is 0 Å². The largest absolute Gasteiger partial charge is 0.410 e. The van der Waals surface area contributed by atoms with Crippen molar-refractivity contribution in [2.45, 2.75) is 0 Å². The number of oxime groups is 1. The standard InChI is InChI=1S/C2H3ClNO/c1-2(3)4-5/h5H,1H2. The molecule has 0 rings (SSSR count). The molecule has 0 atom stereocenters. The van der Waals surface area contributed by atoms with Crippen molar-refractivity contribution in [2.24, 2.45) is 5.16 Å². The molecule has 0 saturated heterocycles. The Morgan fingerprint density at radius 1 is 2.00 bits per heavy atom. The van der Waals surface area contributed by atoms with Crippen LogP contribution in [0.2, 0.25) is 0 Å². The Balaban J connectivity index is 3.14. The molecule has 0 aromatic rings. The second-order valence-electron chi connectivity index (χ2n) is 0.476. The number of halogens is 1. The molecule has 0 amide bonds. The summed E-state index contributed by atoms with van der Waals surface area (Å²) >= 11 is 4.85. The van der Waals surface area contributed by atoms with Gasteiger partial charge in [-0.15, -0.1) is 0 Å². The second kappa shape index (κ2) is 2.03. The van der Waals surface area contributed by atoms with E-state index in [1.165, 1.54) is 0 Å². The van der Waals surface area contributed by atoms with Gasteiger partial charge in [-0.25, -0.2) is 0 Å². The Bertz CT molecular complexity index is 47.6. The summed E-state index contributed by atoms with van der Waals surface area (Å²) in [7, 11) is 0. The molecule has 0 fully saturated rings. The van der Waals surface area contributed by atoms with Crippen LogP contribution in [-0.2, 0) is 0 Å². The fourth-order valence-corrected chi connectivity index (χ4v) is 0. The zero-order chi connectivity index (χ0) is 4.28. The lowest BCUT2D eigenvalue weighted by Crippen LogP contribution is -1.69. The fraction of sp³-hybridized carbons (Fsp3) is 0. The van der Waals surface area contributed by atoms with Crippen LogP contribution in [0.1, 0.15) is 0 Å². The maximum atomic E-state index is 7.54. The Hall–Kier alpha value is -0.240. The third kappa shape index (κ3) is 3.76. The van der Waals surface area contributed by atoms with Gasteiger partial charge in [0.2, 0.25) is 0 Å². The molecule has 2 nitrogen and oxygen atoms in total. The lowest BCUT2D eigenvalue weighted by atomic mass is 10.9. The van der Waals surface area contributed by atoms with Gasteiger partial charge in [0, 0.05) is 6.92 Å². The summed E-state index contributed by atoms with van der Waals surface area (Å²) in [4.78, 5) is 0. The molecule has 3 heteroatoms. The molecule has 0 unspecified atom stereocenters. The minimum atomic E-state index is -0.0926. The van der Waals surface area contributed by atoms with Gasteiger partial charge < -0.3 is 5.21 Å². The molecule has 0 bridgehead atoms. The SMILES string of the molecule is [CH2]C(Cl)=NO. The summed E-state index contributed by atoms with van der Waals surface area (Å²) in [5.41, 5.74) is 0. The van der Waals surface area contributed by atoms with Gasteiger partial charge in [-0.3, -0.25) is 0 Å². The highest BCUT2D eigenvalue weighted by molar-refractivity contribution is 6.66. The molecule has 0 heterocycles. The zero-order valence-electron chi connectivity index (χ0n) is 2.48. The average Bonchev–Trinajstić information content (AvgIpc) is 1.38. The van der Waals surface area contributed by atoms with E-state index in [1.54, 1.807) is 0 Å². The average molecular weight is 92.5 g/mol. The summed E-state index contributed by atoms with van der Waals surface area (Å²) in [6.07, 6.45) is 0. The van der Waals surface area contributed by atoms with E-state index in [2.05, 4.69) is 12.1 Å². The first-order chi connectivity index (χ1) is 2.27. The van der Waals surface area contributed by atoms with Crippen LogP contribution in [0, 0.1) is 6.92 Å². The summed E-state index contributed by atoms with van der Waals surface area (Å²) in [5, 5.41) is 9.90. The smallest absolute Gasteiger partial charge is 0.145 e. The van der Waals surface area contributed by atoms with Gasteiger partial charge in [0.25, 0.3) is 0 Å². The third-order valence-corrected chi connectivity index (χ3v) is 0.184. The Morgan fingerprint density at radius 2 is 2.20 bits per heavy atom. The van der Waals surface area contributed by atoms with Gasteiger partial charge in [0.1, 0.15) is 5.17 Å². The second-order valence-corrected chi connectivity index (χ2v) is 0.913. The maximum absolute atomic E-state index is 7.54. The van der Waals surface area contributed by atoms with E-state index >= 15 is 0 Å². The van der Waals surface area contributed by atoms with Crippen LogP contribution in [-0.4, -0.2) is 10.4 Å². The molecule has 0 saturated carbocycles. The summed E-state index contributed by atoms with van der Waals surface area (Å²) in [6, 6.07) is 0. The van der Waals surface area contributed by atoms with E-state index in [-0.39, 0.29) is 5.17 Å². The van der Waals surface area contributed by atoms with E-state index in [9.17, 15) is 0 Å². The van der Waals surface area contributed by atoms with Crippen LogP contribution in [0.5, 0.6) is 0 Å². The third-order valence-electron chi connectivity index (χ3n) is 0.109. The van der Waals surface area contributed by atoms with E-state index in [1.807, 2.05) is 0 Å². The minimum absolute atomic E-state index is 0.0926. The van der Waals surface area contributed by atoms with Crippen LogP contribution in [0.15, 0.2) is 5.16 Å². The topological polar surface area (TPSA) is 32.6 Å². The summed E-state index contributed by atoms with van der Waals surface area (Å²) in [5.74, 6) is 0. The predicted molar refractivity (Wildman–Crippen MR) is 20.4 cm³/mol. The molecular formula is C2H3ClNO. The van der Waals surface area contributed by atoms with E-state index in [0.29, 0.717) is 0 Å². The van der Waals surface area contributed by atoms with Gasteiger partial charge in [0.05, 0.1) is 0 Å². The van der Waals surface area contributed by atoms with Gasteiger partial charge in [-0.05, 0) is 0 Å². The fourth-order valence-electron chi connectivity index (χ4n) is 0. The van der Waals surface area contributed by atoms with Crippen molar-refractivity contribution < 1.29 is 5.21 Å². The number of hydrogen-bond donors (Lipinski definition) is 1. The van der Waals surface area contributed by atoms with Crippen LogP contribution in [0.4, 0.5) is 0 Å². The highest BCUT2D eigenvalue weighted by Gasteiger charge is 1.69. The molecule has 0 aromatic carbocycles. The van der Waals surface area contributed by atoms with Crippen molar-refractivity contribution in [2.75, 3.05) is 0 Å². The molecule has 5 heavy (non-hydrogen) atoms. The lowest BCUT2D eigenvalue weighted by molar-refractivity contribution is 0.321. The van der Waals surface area contributed by atoms with Crippen molar-refractivity contribution >= 4 is 16.8 Å². The normalized spacial score (nSPS) is 12.0. The Kier molecular flexibility index (Phi) is 1.93. The van der Waals surface area contributed by atoms with Crippen molar-refractivity contribution in [3.8, 4) is 0 Å². The van der Waals surface area contributed by atoms with Gasteiger partial charge in [-0.2, -0.15) is 0 Å². The summed E-state index contributed by atoms with van der Waals surface area (Å²) in [6.45, 7) is 3.02. The molecule has 0 aliphatic carbocycles. The van der Waals surface area contributed by atoms with E-state index in [0.717, 1.165) is 0 Å². The lowest BCUT2D eigenvalue weighted by Gasteiger charge is -1.68. The highest BCUT2D eigenvalue weighted by atomic mass is 35.5. The molecule has 0 spiro atoms. The van der Waals surface area contributed by atoms with Crippen molar-refractivity contribution in [1.82, 2.24) is 0 Å². The van der Waals surface area contributed by atoms with Gasteiger partial charge in [0.15, 0.2) is 0 Å². The van der Waals surface area contributed by atoms with Crippen LogP contribution >= 0.6 is 11.6 Å². The molecule has 0 aliphatic rings. The first kappa shape index (κ1) is 4.76. The maximum Gasteiger partial charge on any atom is 0.145 e. The molecule has 1 N–H and O–H groups in total. The van der Waals surface area contributed by atoms with Crippen LogP contribution < -0.4 is 0 Å². The number of hydrogen-bond acceptors (Lipinski definition) is 2. The van der Waals surface area contributed by atoms with Gasteiger partial charge >= 0.3 is 0 Å². The summed E-state index contributed by atoms with van der Waals surface area (Å²) < 4.78 is 0. The minimum Gasteiger partial charge on any atom is -0.410 e.